The Labute approximate surface area is 130 Å². The summed E-state index contributed by atoms with van der Waals surface area (Å²) in [6.45, 7) is 0.315. The number of benzene rings is 1. The predicted octanol–water partition coefficient (Wildman–Crippen LogP) is 1.65. The number of nitrogens with zero attached hydrogens (tertiary/aromatic N) is 1. The normalized spacial score (nSPS) is 13.4. The van der Waals surface area contributed by atoms with Gasteiger partial charge in [0.05, 0.1) is 18.6 Å². The molecular formula is C17H21N3O2. The number of aromatic nitrogens is 1. The fourth-order valence-electron chi connectivity index (χ4n) is 2.25. The molecule has 0 bridgehead atoms. The van der Waals surface area contributed by atoms with Crippen LogP contribution in [-0.4, -0.2) is 30.6 Å². The van der Waals surface area contributed by atoms with Gasteiger partial charge >= 0.3 is 0 Å². The van der Waals surface area contributed by atoms with Crippen molar-refractivity contribution in [3.63, 3.8) is 0 Å². The highest BCUT2D eigenvalue weighted by molar-refractivity contribution is 5.77. The Morgan fingerprint density at radius 3 is 2.41 bits per heavy atom. The molecule has 2 atom stereocenters. The maximum Gasteiger partial charge on any atom is 0.223 e. The number of hydrogen-bond donors (Lipinski definition) is 2. The van der Waals surface area contributed by atoms with Crippen molar-refractivity contribution in [1.82, 2.24) is 10.3 Å². The summed E-state index contributed by atoms with van der Waals surface area (Å²) < 4.78 is 5.17. The molecular weight excluding hydrogens is 278 g/mol. The third kappa shape index (κ3) is 4.38. The minimum Gasteiger partial charge on any atom is -0.380 e. The van der Waals surface area contributed by atoms with Crippen LogP contribution in [0.3, 0.4) is 0 Å². The van der Waals surface area contributed by atoms with Crippen molar-refractivity contribution in [2.24, 2.45) is 5.73 Å². The molecule has 0 aliphatic rings. The first-order chi connectivity index (χ1) is 10.7. The quantitative estimate of drug-likeness (QED) is 0.815. The van der Waals surface area contributed by atoms with Gasteiger partial charge in [0.2, 0.25) is 5.91 Å². The first kappa shape index (κ1) is 16.1. The van der Waals surface area contributed by atoms with E-state index < -0.39 is 0 Å². The van der Waals surface area contributed by atoms with E-state index in [-0.39, 0.29) is 24.5 Å². The molecule has 0 aliphatic heterocycles. The minimum absolute atomic E-state index is 0.0945. The van der Waals surface area contributed by atoms with Gasteiger partial charge in [0, 0.05) is 26.0 Å². The molecule has 0 saturated heterocycles. The molecule has 116 valence electrons. The summed E-state index contributed by atoms with van der Waals surface area (Å²) >= 11 is 0. The van der Waals surface area contributed by atoms with Crippen LogP contribution in [0.4, 0.5) is 0 Å². The van der Waals surface area contributed by atoms with Gasteiger partial charge in [-0.15, -0.1) is 0 Å². The van der Waals surface area contributed by atoms with Gasteiger partial charge in [0.1, 0.15) is 0 Å². The number of pyridine rings is 1. The number of rotatable bonds is 7. The largest absolute Gasteiger partial charge is 0.380 e. The number of methoxy groups -OCH3 is 1. The third-order valence-corrected chi connectivity index (χ3v) is 3.49. The zero-order valence-corrected chi connectivity index (χ0v) is 12.6. The lowest BCUT2D eigenvalue weighted by atomic mass is 9.99. The zero-order valence-electron chi connectivity index (χ0n) is 12.6. The number of nitrogens with one attached hydrogen (secondary N) is 1. The zero-order chi connectivity index (χ0) is 15.8. The monoisotopic (exact) mass is 299 g/mol. The second kappa shape index (κ2) is 8.26. The van der Waals surface area contributed by atoms with Gasteiger partial charge in [-0.25, -0.2) is 0 Å². The van der Waals surface area contributed by atoms with E-state index in [1.165, 1.54) is 0 Å². The summed E-state index contributed by atoms with van der Waals surface area (Å²) in [4.78, 5) is 16.3. The summed E-state index contributed by atoms with van der Waals surface area (Å²) in [5.74, 6) is -0.0945. The molecule has 22 heavy (non-hydrogen) atoms. The van der Waals surface area contributed by atoms with E-state index in [1.54, 1.807) is 19.5 Å². The lowest BCUT2D eigenvalue weighted by molar-refractivity contribution is -0.123. The molecule has 0 radical (unpaired) electrons. The fourth-order valence-corrected chi connectivity index (χ4v) is 2.25. The van der Waals surface area contributed by atoms with Gasteiger partial charge in [-0.3, -0.25) is 9.78 Å². The average molecular weight is 299 g/mol. The van der Waals surface area contributed by atoms with Crippen molar-refractivity contribution in [2.45, 2.75) is 18.6 Å². The van der Waals surface area contributed by atoms with E-state index in [0.717, 1.165) is 11.1 Å². The summed E-state index contributed by atoms with van der Waals surface area (Å²) in [5, 5.41) is 3.05. The molecule has 2 unspecified atom stereocenters. The molecule has 1 heterocycles. The van der Waals surface area contributed by atoms with Crippen LogP contribution in [0.15, 0.2) is 54.9 Å². The number of hydrogen-bond acceptors (Lipinski definition) is 4. The van der Waals surface area contributed by atoms with Crippen molar-refractivity contribution < 1.29 is 9.53 Å². The maximum atomic E-state index is 12.3. The summed E-state index contributed by atoms with van der Waals surface area (Å²) in [5.41, 5.74) is 7.57. The molecule has 3 N–H and O–H groups in total. The molecule has 0 aliphatic carbocycles. The van der Waals surface area contributed by atoms with Crippen LogP contribution in [0.5, 0.6) is 0 Å². The van der Waals surface area contributed by atoms with Crippen molar-refractivity contribution in [2.75, 3.05) is 13.7 Å². The second-order valence-electron chi connectivity index (χ2n) is 4.99. The molecule has 0 fully saturated rings. The predicted molar refractivity (Wildman–Crippen MR) is 85.1 cm³/mol. The van der Waals surface area contributed by atoms with Crippen molar-refractivity contribution in [3.05, 3.63) is 66.0 Å². The molecule has 0 saturated carbocycles. The lowest BCUT2D eigenvalue weighted by Crippen LogP contribution is -2.34. The Morgan fingerprint density at radius 1 is 1.18 bits per heavy atom. The smallest absolute Gasteiger partial charge is 0.223 e. The first-order valence-corrected chi connectivity index (χ1v) is 7.21. The third-order valence-electron chi connectivity index (χ3n) is 3.49. The van der Waals surface area contributed by atoms with E-state index >= 15 is 0 Å². The topological polar surface area (TPSA) is 77.2 Å². The van der Waals surface area contributed by atoms with Gasteiger partial charge < -0.3 is 15.8 Å². The summed E-state index contributed by atoms with van der Waals surface area (Å²) in [7, 11) is 1.56. The molecule has 2 rings (SSSR count). The van der Waals surface area contributed by atoms with Crippen LogP contribution < -0.4 is 11.1 Å². The molecule has 1 amide bonds. The van der Waals surface area contributed by atoms with Crippen molar-refractivity contribution in [1.29, 1.82) is 0 Å². The van der Waals surface area contributed by atoms with Gasteiger partial charge in [-0.05, 0) is 23.3 Å². The Balaban J connectivity index is 2.17. The van der Waals surface area contributed by atoms with Crippen molar-refractivity contribution in [3.8, 4) is 0 Å². The molecule has 0 spiro atoms. The molecule has 2 aromatic rings. The lowest BCUT2D eigenvalue weighted by Gasteiger charge is -2.21. The minimum atomic E-state index is -0.270. The molecule has 1 aromatic carbocycles. The van der Waals surface area contributed by atoms with Crippen LogP contribution in [0.1, 0.15) is 23.6 Å². The maximum absolute atomic E-state index is 12.3. The van der Waals surface area contributed by atoms with Crippen molar-refractivity contribution >= 4 is 5.91 Å². The summed E-state index contributed by atoms with van der Waals surface area (Å²) in [6.07, 6.45) is 3.40. The Kier molecular flexibility index (Phi) is 6.06. The van der Waals surface area contributed by atoms with Crippen LogP contribution in [0.25, 0.3) is 0 Å². The van der Waals surface area contributed by atoms with E-state index in [2.05, 4.69) is 10.3 Å². The number of carbonyl (C=O) groups is 1. The van der Waals surface area contributed by atoms with Gasteiger partial charge in [-0.2, -0.15) is 0 Å². The Morgan fingerprint density at radius 2 is 1.82 bits per heavy atom. The fraction of sp³-hybridized carbons (Fsp3) is 0.294. The van der Waals surface area contributed by atoms with Crippen LogP contribution in [0.2, 0.25) is 0 Å². The highest BCUT2D eigenvalue weighted by Gasteiger charge is 2.19. The van der Waals surface area contributed by atoms with Crippen LogP contribution >= 0.6 is 0 Å². The van der Waals surface area contributed by atoms with E-state index in [9.17, 15) is 4.79 Å². The van der Waals surface area contributed by atoms with Crippen LogP contribution in [-0.2, 0) is 9.53 Å². The van der Waals surface area contributed by atoms with E-state index in [0.29, 0.717) is 6.54 Å². The Bertz CT molecular complexity index is 531. The highest BCUT2D eigenvalue weighted by atomic mass is 16.5. The number of ether oxygens (including phenoxy) is 1. The second-order valence-corrected chi connectivity index (χ2v) is 4.99. The Hall–Kier alpha value is -2.24. The van der Waals surface area contributed by atoms with E-state index in [4.69, 9.17) is 10.5 Å². The summed E-state index contributed by atoms with van der Waals surface area (Å²) in [6, 6.07) is 13.4. The standard InChI is InChI=1S/C17H21N3O2/c1-22-15(12-18)11-16(21)20-17(13-5-3-2-4-6-13)14-7-9-19-10-8-14/h2-10,15,17H,11-12,18H2,1H3,(H,20,21). The first-order valence-electron chi connectivity index (χ1n) is 7.21. The number of amides is 1. The average Bonchev–Trinajstić information content (AvgIpc) is 2.59. The van der Waals surface area contributed by atoms with Crippen LogP contribution in [0, 0.1) is 0 Å². The number of carbonyl (C=O) groups excluding carboxylic acids is 1. The van der Waals surface area contributed by atoms with Gasteiger partial charge in [-0.1, -0.05) is 30.3 Å². The molecule has 1 aromatic heterocycles. The molecule has 5 nitrogen and oxygen atoms in total. The highest BCUT2D eigenvalue weighted by Crippen LogP contribution is 2.21. The number of nitrogens with two attached hydrogens (primary N) is 1. The van der Waals surface area contributed by atoms with E-state index in [1.807, 2.05) is 42.5 Å². The van der Waals surface area contributed by atoms with Gasteiger partial charge in [0.25, 0.3) is 0 Å². The SMILES string of the molecule is COC(CN)CC(=O)NC(c1ccccc1)c1ccncc1. The molecule has 5 heteroatoms. The van der Waals surface area contributed by atoms with Gasteiger partial charge in [0.15, 0.2) is 0 Å².